The second kappa shape index (κ2) is 6.52. The first-order chi connectivity index (χ1) is 9.33. The molecule has 0 aliphatic rings. The fourth-order valence-electron chi connectivity index (χ4n) is 1.42. The third kappa shape index (κ3) is 3.53. The standard InChI is InChI=1S/C13H11N5S/c1-19-13(17-9-14)18-11-5-3-10(4-6-11)12-15-7-2-8-16-12/h2-8H,1H3,(H,17,18). The first kappa shape index (κ1) is 13.1. The lowest BCUT2D eigenvalue weighted by molar-refractivity contribution is 1.18. The SMILES string of the molecule is CSC(=Nc1ccc(-c2ncccn2)cc1)NC#N. The molecule has 2 rings (SSSR count). The molecule has 0 aliphatic heterocycles. The van der Waals surface area contributed by atoms with Gasteiger partial charge in [0.05, 0.1) is 5.69 Å². The molecule has 0 atom stereocenters. The minimum Gasteiger partial charge on any atom is -0.271 e. The Hall–Kier alpha value is -2.39. The van der Waals surface area contributed by atoms with E-state index in [1.807, 2.05) is 36.7 Å². The van der Waals surface area contributed by atoms with Crippen molar-refractivity contribution in [2.45, 2.75) is 0 Å². The van der Waals surface area contributed by atoms with Crippen LogP contribution in [0.1, 0.15) is 0 Å². The van der Waals surface area contributed by atoms with Crippen molar-refractivity contribution in [3.05, 3.63) is 42.7 Å². The summed E-state index contributed by atoms with van der Waals surface area (Å²) in [6.45, 7) is 0. The summed E-state index contributed by atoms with van der Waals surface area (Å²) >= 11 is 1.38. The third-order valence-electron chi connectivity index (χ3n) is 2.28. The summed E-state index contributed by atoms with van der Waals surface area (Å²) in [6.07, 6.45) is 7.12. The van der Waals surface area contributed by atoms with Crippen molar-refractivity contribution in [3.8, 4) is 17.6 Å². The minimum absolute atomic E-state index is 0.561. The number of thioether (sulfide) groups is 1. The number of nitrogens with one attached hydrogen (secondary N) is 1. The average molecular weight is 269 g/mol. The van der Waals surface area contributed by atoms with Crippen LogP contribution in [0, 0.1) is 11.5 Å². The predicted octanol–water partition coefficient (Wildman–Crippen LogP) is 2.56. The molecule has 6 heteroatoms. The highest BCUT2D eigenvalue weighted by atomic mass is 32.2. The van der Waals surface area contributed by atoms with Gasteiger partial charge in [-0.2, -0.15) is 5.26 Å². The maximum absolute atomic E-state index is 8.57. The zero-order valence-electron chi connectivity index (χ0n) is 10.2. The molecule has 0 unspecified atom stereocenters. The minimum atomic E-state index is 0.561. The van der Waals surface area contributed by atoms with Gasteiger partial charge in [-0.15, -0.1) is 0 Å². The summed E-state index contributed by atoms with van der Waals surface area (Å²) in [7, 11) is 0. The highest BCUT2D eigenvalue weighted by Crippen LogP contribution is 2.20. The number of benzene rings is 1. The Bertz CT molecular complexity index is 601. The Kier molecular flexibility index (Phi) is 4.48. The zero-order chi connectivity index (χ0) is 13.5. The second-order valence-electron chi connectivity index (χ2n) is 3.48. The summed E-state index contributed by atoms with van der Waals surface area (Å²) in [5.41, 5.74) is 1.70. The summed E-state index contributed by atoms with van der Waals surface area (Å²) in [6, 6.07) is 9.30. The number of aromatic nitrogens is 2. The molecule has 0 radical (unpaired) electrons. The molecular weight excluding hydrogens is 258 g/mol. The fourth-order valence-corrected chi connectivity index (χ4v) is 1.77. The number of nitrogens with zero attached hydrogens (tertiary/aromatic N) is 4. The molecule has 1 aromatic heterocycles. The fraction of sp³-hybridized carbons (Fsp3) is 0.0769. The maximum atomic E-state index is 8.57. The Morgan fingerprint density at radius 1 is 1.26 bits per heavy atom. The van der Waals surface area contributed by atoms with Crippen LogP contribution in [-0.4, -0.2) is 21.4 Å². The van der Waals surface area contributed by atoms with E-state index in [0.29, 0.717) is 11.0 Å². The number of hydrogen-bond acceptors (Lipinski definition) is 5. The van der Waals surface area contributed by atoms with Crippen molar-refractivity contribution in [1.29, 1.82) is 5.26 Å². The van der Waals surface area contributed by atoms with E-state index in [1.54, 1.807) is 18.5 Å². The molecule has 0 aliphatic carbocycles. The molecular formula is C13H11N5S. The Labute approximate surface area is 115 Å². The predicted molar refractivity (Wildman–Crippen MR) is 76.8 cm³/mol. The van der Waals surface area contributed by atoms with Gasteiger partial charge in [0.1, 0.15) is 0 Å². The zero-order valence-corrected chi connectivity index (χ0v) is 11.1. The summed E-state index contributed by atoms with van der Waals surface area (Å²) in [5, 5.41) is 11.6. The highest BCUT2D eigenvalue weighted by molar-refractivity contribution is 8.13. The first-order valence-electron chi connectivity index (χ1n) is 5.48. The number of hydrogen-bond donors (Lipinski definition) is 1. The lowest BCUT2D eigenvalue weighted by atomic mass is 10.2. The van der Waals surface area contributed by atoms with Crippen LogP contribution in [0.25, 0.3) is 11.4 Å². The van der Waals surface area contributed by atoms with E-state index < -0.39 is 0 Å². The molecule has 1 heterocycles. The molecule has 1 N–H and O–H groups in total. The quantitative estimate of drug-likeness (QED) is 0.392. The molecule has 5 nitrogen and oxygen atoms in total. The van der Waals surface area contributed by atoms with Crippen LogP contribution in [0.2, 0.25) is 0 Å². The van der Waals surface area contributed by atoms with Gasteiger partial charge >= 0.3 is 0 Å². The van der Waals surface area contributed by atoms with Crippen LogP contribution in [0.4, 0.5) is 5.69 Å². The maximum Gasteiger partial charge on any atom is 0.183 e. The van der Waals surface area contributed by atoms with Gasteiger partial charge in [-0.3, -0.25) is 5.32 Å². The van der Waals surface area contributed by atoms with E-state index in [-0.39, 0.29) is 0 Å². The van der Waals surface area contributed by atoms with Crippen LogP contribution in [-0.2, 0) is 0 Å². The normalized spacial score (nSPS) is 10.8. The molecule has 2 aromatic rings. The number of aliphatic imine (C=N–C) groups is 1. The lowest BCUT2D eigenvalue weighted by Gasteiger charge is -2.01. The van der Waals surface area contributed by atoms with Gasteiger partial charge in [-0.25, -0.2) is 15.0 Å². The van der Waals surface area contributed by atoms with Crippen LogP contribution in [0.15, 0.2) is 47.7 Å². The molecule has 0 bridgehead atoms. The Balaban J connectivity index is 2.22. The van der Waals surface area contributed by atoms with Gasteiger partial charge in [-0.05, 0) is 36.6 Å². The van der Waals surface area contributed by atoms with E-state index in [4.69, 9.17) is 5.26 Å². The number of rotatable bonds is 2. The van der Waals surface area contributed by atoms with Crippen molar-refractivity contribution < 1.29 is 0 Å². The summed E-state index contributed by atoms with van der Waals surface area (Å²) < 4.78 is 0. The van der Waals surface area contributed by atoms with Crippen LogP contribution >= 0.6 is 11.8 Å². The van der Waals surface area contributed by atoms with Gasteiger partial charge in [0.15, 0.2) is 17.2 Å². The molecule has 0 saturated heterocycles. The number of nitriles is 1. The van der Waals surface area contributed by atoms with E-state index >= 15 is 0 Å². The van der Waals surface area contributed by atoms with Crippen molar-refractivity contribution in [1.82, 2.24) is 15.3 Å². The topological polar surface area (TPSA) is 74.0 Å². The monoisotopic (exact) mass is 269 g/mol. The van der Waals surface area contributed by atoms with E-state index in [9.17, 15) is 0 Å². The second-order valence-corrected chi connectivity index (χ2v) is 4.27. The largest absolute Gasteiger partial charge is 0.271 e. The van der Waals surface area contributed by atoms with Crippen LogP contribution < -0.4 is 5.32 Å². The molecule has 0 spiro atoms. The lowest BCUT2D eigenvalue weighted by Crippen LogP contribution is -2.12. The van der Waals surface area contributed by atoms with Crippen LogP contribution in [0.5, 0.6) is 0 Å². The highest BCUT2D eigenvalue weighted by Gasteiger charge is 2.00. The molecule has 0 amide bonds. The van der Waals surface area contributed by atoms with Gasteiger partial charge in [-0.1, -0.05) is 11.8 Å². The van der Waals surface area contributed by atoms with E-state index in [0.717, 1.165) is 11.3 Å². The molecule has 0 saturated carbocycles. The third-order valence-corrected chi connectivity index (χ3v) is 2.86. The smallest absolute Gasteiger partial charge is 0.183 e. The summed E-state index contributed by atoms with van der Waals surface area (Å²) in [4.78, 5) is 12.7. The van der Waals surface area contributed by atoms with Crippen LogP contribution in [0.3, 0.4) is 0 Å². The first-order valence-corrected chi connectivity index (χ1v) is 6.71. The van der Waals surface area contributed by atoms with E-state index in [1.165, 1.54) is 11.8 Å². The van der Waals surface area contributed by atoms with Crippen molar-refractivity contribution in [2.75, 3.05) is 6.26 Å². The van der Waals surface area contributed by atoms with Gasteiger partial charge in [0.25, 0.3) is 0 Å². The van der Waals surface area contributed by atoms with Gasteiger partial charge in [0.2, 0.25) is 0 Å². The number of amidine groups is 1. The summed E-state index contributed by atoms with van der Waals surface area (Å²) in [5.74, 6) is 0.679. The Morgan fingerprint density at radius 2 is 1.95 bits per heavy atom. The van der Waals surface area contributed by atoms with Gasteiger partial charge in [0, 0.05) is 18.0 Å². The molecule has 19 heavy (non-hydrogen) atoms. The molecule has 94 valence electrons. The molecule has 0 fully saturated rings. The van der Waals surface area contributed by atoms with E-state index in [2.05, 4.69) is 20.3 Å². The van der Waals surface area contributed by atoms with Crippen molar-refractivity contribution in [3.63, 3.8) is 0 Å². The Morgan fingerprint density at radius 3 is 2.53 bits per heavy atom. The average Bonchev–Trinajstić information content (AvgIpc) is 2.48. The van der Waals surface area contributed by atoms with Crippen molar-refractivity contribution in [2.24, 2.45) is 4.99 Å². The van der Waals surface area contributed by atoms with Gasteiger partial charge < -0.3 is 0 Å². The van der Waals surface area contributed by atoms with Crippen molar-refractivity contribution >= 4 is 22.6 Å². The molecule has 1 aromatic carbocycles.